The number of rotatable bonds is 4. The van der Waals surface area contributed by atoms with Gasteiger partial charge in [-0.1, -0.05) is 42.5 Å². The van der Waals surface area contributed by atoms with Crippen LogP contribution in [0, 0.1) is 0 Å². The number of nitrogens with zero attached hydrogens (tertiary/aromatic N) is 1. The van der Waals surface area contributed by atoms with Crippen LogP contribution in [0.1, 0.15) is 23.6 Å². The van der Waals surface area contributed by atoms with Crippen molar-refractivity contribution in [3.05, 3.63) is 65.7 Å². The zero-order chi connectivity index (χ0) is 14.7. The largest absolute Gasteiger partial charge is 0.325 e. The summed E-state index contributed by atoms with van der Waals surface area (Å²) < 4.78 is 0. The molecule has 0 saturated carbocycles. The Morgan fingerprint density at radius 1 is 1.14 bits per heavy atom. The minimum atomic E-state index is 0.0353. The molecule has 3 nitrogen and oxygen atoms in total. The molecular formula is C18H20N2O. The molecule has 0 unspecified atom stereocenters. The van der Waals surface area contributed by atoms with E-state index in [1.165, 1.54) is 11.1 Å². The number of benzene rings is 2. The summed E-state index contributed by atoms with van der Waals surface area (Å²) in [6.45, 7) is 0.411. The molecule has 0 fully saturated rings. The van der Waals surface area contributed by atoms with E-state index >= 15 is 0 Å². The van der Waals surface area contributed by atoms with Gasteiger partial charge in [-0.3, -0.25) is 9.69 Å². The van der Waals surface area contributed by atoms with Crippen LogP contribution in [0.4, 0.5) is 5.69 Å². The summed E-state index contributed by atoms with van der Waals surface area (Å²) in [7, 11) is 2.03. The molecule has 0 spiro atoms. The van der Waals surface area contributed by atoms with E-state index in [0.29, 0.717) is 12.6 Å². The van der Waals surface area contributed by atoms with Crippen LogP contribution in [0.3, 0.4) is 0 Å². The van der Waals surface area contributed by atoms with Crippen LogP contribution in [0.5, 0.6) is 0 Å². The first-order chi connectivity index (χ1) is 10.2. The van der Waals surface area contributed by atoms with Crippen molar-refractivity contribution in [2.24, 2.45) is 0 Å². The summed E-state index contributed by atoms with van der Waals surface area (Å²) in [4.78, 5) is 14.3. The molecule has 1 amide bonds. The van der Waals surface area contributed by atoms with Crippen LogP contribution in [-0.4, -0.2) is 24.4 Å². The maximum Gasteiger partial charge on any atom is 0.238 e. The Bertz CT molecular complexity index is 624. The molecule has 0 bridgehead atoms. The SMILES string of the molecule is CN(CC(=O)Nc1ccccc1)[C@@H]1CCc2ccccc21. The molecule has 108 valence electrons. The van der Waals surface area contributed by atoms with E-state index in [9.17, 15) is 4.79 Å². The number of carbonyl (C=O) groups excluding carboxylic acids is 1. The number of nitrogens with one attached hydrogen (secondary N) is 1. The number of amides is 1. The fraction of sp³-hybridized carbons (Fsp3) is 0.278. The predicted molar refractivity (Wildman–Crippen MR) is 85.2 cm³/mol. The van der Waals surface area contributed by atoms with Crippen LogP contribution in [0.25, 0.3) is 0 Å². The molecular weight excluding hydrogens is 260 g/mol. The van der Waals surface area contributed by atoms with Crippen molar-refractivity contribution in [1.29, 1.82) is 0 Å². The van der Waals surface area contributed by atoms with E-state index in [-0.39, 0.29) is 5.91 Å². The van der Waals surface area contributed by atoms with Gasteiger partial charge < -0.3 is 5.32 Å². The van der Waals surface area contributed by atoms with Crippen LogP contribution < -0.4 is 5.32 Å². The third kappa shape index (κ3) is 3.14. The molecule has 0 heterocycles. The summed E-state index contributed by atoms with van der Waals surface area (Å²) in [5.41, 5.74) is 3.63. The predicted octanol–water partition coefficient (Wildman–Crippen LogP) is 3.24. The monoisotopic (exact) mass is 280 g/mol. The molecule has 2 aromatic rings. The first kappa shape index (κ1) is 13.8. The second-order valence-electron chi connectivity index (χ2n) is 5.58. The fourth-order valence-corrected chi connectivity index (χ4v) is 3.05. The van der Waals surface area contributed by atoms with Crippen molar-refractivity contribution >= 4 is 11.6 Å². The Hall–Kier alpha value is -2.13. The lowest BCUT2D eigenvalue weighted by atomic mass is 10.1. The van der Waals surface area contributed by atoms with Gasteiger partial charge in [-0.2, -0.15) is 0 Å². The lowest BCUT2D eigenvalue weighted by molar-refractivity contribution is -0.117. The van der Waals surface area contributed by atoms with Gasteiger partial charge in [0.25, 0.3) is 0 Å². The number of para-hydroxylation sites is 1. The number of hydrogen-bond acceptors (Lipinski definition) is 2. The summed E-state index contributed by atoms with van der Waals surface area (Å²) in [6, 6.07) is 18.5. The first-order valence-electron chi connectivity index (χ1n) is 7.37. The van der Waals surface area contributed by atoms with Gasteiger partial charge in [0.1, 0.15) is 0 Å². The molecule has 0 radical (unpaired) electrons. The Labute approximate surface area is 125 Å². The first-order valence-corrected chi connectivity index (χ1v) is 7.37. The summed E-state index contributed by atoms with van der Waals surface area (Å²) in [5.74, 6) is 0.0353. The number of hydrogen-bond donors (Lipinski definition) is 1. The number of anilines is 1. The third-order valence-corrected chi connectivity index (χ3v) is 4.08. The van der Waals surface area contributed by atoms with Gasteiger partial charge in [-0.05, 0) is 43.1 Å². The van der Waals surface area contributed by atoms with E-state index in [0.717, 1.165) is 18.5 Å². The molecule has 1 aliphatic carbocycles. The van der Waals surface area contributed by atoms with Gasteiger partial charge in [0.2, 0.25) is 5.91 Å². The number of likely N-dealkylation sites (N-methyl/N-ethyl adjacent to an activating group) is 1. The van der Waals surface area contributed by atoms with Crippen LogP contribution >= 0.6 is 0 Å². The van der Waals surface area contributed by atoms with Gasteiger partial charge in [0.05, 0.1) is 6.54 Å². The molecule has 0 saturated heterocycles. The molecule has 1 aliphatic rings. The minimum absolute atomic E-state index is 0.0353. The van der Waals surface area contributed by atoms with Crippen LogP contribution in [0.15, 0.2) is 54.6 Å². The lowest BCUT2D eigenvalue weighted by Crippen LogP contribution is -2.32. The molecule has 0 aromatic heterocycles. The average Bonchev–Trinajstić information content (AvgIpc) is 2.92. The van der Waals surface area contributed by atoms with Crippen molar-refractivity contribution in [1.82, 2.24) is 4.90 Å². The number of fused-ring (bicyclic) bond motifs is 1. The molecule has 0 aliphatic heterocycles. The third-order valence-electron chi connectivity index (χ3n) is 4.08. The molecule has 1 N–H and O–H groups in total. The van der Waals surface area contributed by atoms with Crippen LogP contribution in [0.2, 0.25) is 0 Å². The topological polar surface area (TPSA) is 32.3 Å². The maximum absolute atomic E-state index is 12.1. The quantitative estimate of drug-likeness (QED) is 0.932. The van der Waals surface area contributed by atoms with Gasteiger partial charge in [-0.25, -0.2) is 0 Å². The van der Waals surface area contributed by atoms with Crippen molar-refractivity contribution in [3.63, 3.8) is 0 Å². The molecule has 3 rings (SSSR count). The Morgan fingerprint density at radius 2 is 1.86 bits per heavy atom. The number of carbonyl (C=O) groups is 1. The smallest absolute Gasteiger partial charge is 0.238 e. The molecule has 1 atom stereocenters. The van der Waals surface area contributed by atoms with Crippen molar-refractivity contribution in [3.8, 4) is 0 Å². The molecule has 21 heavy (non-hydrogen) atoms. The van der Waals surface area contributed by atoms with Crippen LogP contribution in [-0.2, 0) is 11.2 Å². The van der Waals surface area contributed by atoms with Gasteiger partial charge in [0.15, 0.2) is 0 Å². The average molecular weight is 280 g/mol. The maximum atomic E-state index is 12.1. The fourth-order valence-electron chi connectivity index (χ4n) is 3.05. The second kappa shape index (κ2) is 6.10. The molecule has 3 heteroatoms. The highest BCUT2D eigenvalue weighted by atomic mass is 16.2. The standard InChI is InChI=1S/C18H20N2O/c1-20(13-18(21)19-15-8-3-2-4-9-15)17-12-11-14-7-5-6-10-16(14)17/h2-10,17H,11-13H2,1H3,(H,19,21)/t17-/m1/s1. The Kier molecular flexibility index (Phi) is 4.02. The Morgan fingerprint density at radius 3 is 2.67 bits per heavy atom. The van der Waals surface area contributed by atoms with E-state index in [4.69, 9.17) is 0 Å². The van der Waals surface area contributed by atoms with Crippen molar-refractivity contribution in [2.75, 3.05) is 18.9 Å². The van der Waals surface area contributed by atoms with E-state index < -0.39 is 0 Å². The molecule has 2 aromatic carbocycles. The summed E-state index contributed by atoms with van der Waals surface area (Å²) in [5, 5.41) is 2.94. The second-order valence-corrected chi connectivity index (χ2v) is 5.58. The highest BCUT2D eigenvalue weighted by Gasteiger charge is 2.26. The normalized spacial score (nSPS) is 16.8. The van der Waals surface area contributed by atoms with E-state index in [1.807, 2.05) is 37.4 Å². The van der Waals surface area contributed by atoms with E-state index in [2.05, 4.69) is 34.5 Å². The number of aryl methyl sites for hydroxylation is 1. The van der Waals surface area contributed by atoms with Gasteiger partial charge in [-0.15, -0.1) is 0 Å². The van der Waals surface area contributed by atoms with E-state index in [1.54, 1.807) is 0 Å². The summed E-state index contributed by atoms with van der Waals surface area (Å²) in [6.07, 6.45) is 2.19. The highest BCUT2D eigenvalue weighted by Crippen LogP contribution is 2.34. The van der Waals surface area contributed by atoms with Crippen molar-refractivity contribution in [2.45, 2.75) is 18.9 Å². The zero-order valence-electron chi connectivity index (χ0n) is 12.3. The van der Waals surface area contributed by atoms with Crippen molar-refractivity contribution < 1.29 is 4.79 Å². The Balaban J connectivity index is 1.62. The summed E-state index contributed by atoms with van der Waals surface area (Å²) >= 11 is 0. The minimum Gasteiger partial charge on any atom is -0.325 e. The van der Waals surface area contributed by atoms with Gasteiger partial charge >= 0.3 is 0 Å². The van der Waals surface area contributed by atoms with Gasteiger partial charge in [0, 0.05) is 11.7 Å². The lowest BCUT2D eigenvalue weighted by Gasteiger charge is -2.24. The highest BCUT2D eigenvalue weighted by molar-refractivity contribution is 5.92. The zero-order valence-corrected chi connectivity index (χ0v) is 12.3.